The largest absolute Gasteiger partial charge is 0.493 e. The first-order valence-electron chi connectivity index (χ1n) is 6.36. The Bertz CT molecular complexity index is 446. The Morgan fingerprint density at radius 2 is 2.22 bits per heavy atom. The van der Waals surface area contributed by atoms with Gasteiger partial charge in [0.25, 0.3) is 0 Å². The van der Waals surface area contributed by atoms with Crippen molar-refractivity contribution in [3.63, 3.8) is 0 Å². The predicted octanol–water partition coefficient (Wildman–Crippen LogP) is 2.62. The van der Waals surface area contributed by atoms with Gasteiger partial charge in [-0.2, -0.15) is 0 Å². The smallest absolute Gasteiger partial charge is 0.137 e. The molecular formula is C14H18BrNO2. The molecule has 0 bridgehead atoms. The number of carbonyl (C=O) groups is 1. The van der Waals surface area contributed by atoms with Gasteiger partial charge in [0.15, 0.2) is 0 Å². The third kappa shape index (κ3) is 3.33. The Morgan fingerprint density at radius 1 is 1.39 bits per heavy atom. The lowest BCUT2D eigenvalue weighted by atomic mass is 10.0. The number of nitrogens with two attached hydrogens (primary N) is 1. The van der Waals surface area contributed by atoms with Gasteiger partial charge >= 0.3 is 0 Å². The highest BCUT2D eigenvalue weighted by molar-refractivity contribution is 9.10. The number of ether oxygens (including phenoxy) is 1. The molecule has 0 aromatic heterocycles. The van der Waals surface area contributed by atoms with Crippen LogP contribution in [-0.4, -0.2) is 18.9 Å². The average molecular weight is 312 g/mol. The first-order chi connectivity index (χ1) is 8.70. The molecule has 0 radical (unpaired) electrons. The van der Waals surface area contributed by atoms with Gasteiger partial charge in [0, 0.05) is 29.3 Å². The lowest BCUT2D eigenvalue weighted by Gasteiger charge is -2.08. The fourth-order valence-corrected chi connectivity index (χ4v) is 2.80. The quantitative estimate of drug-likeness (QED) is 0.822. The van der Waals surface area contributed by atoms with Crippen LogP contribution in [0.1, 0.15) is 30.4 Å². The molecule has 0 amide bonds. The number of halogens is 1. The maximum atomic E-state index is 11.9. The Morgan fingerprint density at radius 3 is 3.00 bits per heavy atom. The van der Waals surface area contributed by atoms with Crippen LogP contribution in [0.4, 0.5) is 0 Å². The van der Waals surface area contributed by atoms with E-state index in [1.807, 2.05) is 6.07 Å². The Balaban J connectivity index is 2.03. The van der Waals surface area contributed by atoms with E-state index in [0.29, 0.717) is 19.4 Å². The van der Waals surface area contributed by atoms with E-state index in [9.17, 15) is 4.79 Å². The highest BCUT2D eigenvalue weighted by Gasteiger charge is 2.18. The summed E-state index contributed by atoms with van der Waals surface area (Å²) in [6, 6.07) is 4.07. The first kappa shape index (κ1) is 13.6. The molecule has 0 spiro atoms. The average Bonchev–Trinajstić information content (AvgIpc) is 2.77. The van der Waals surface area contributed by atoms with E-state index in [4.69, 9.17) is 10.5 Å². The highest BCUT2D eigenvalue weighted by atomic mass is 79.9. The number of fused-ring (bicyclic) bond motifs is 1. The fourth-order valence-electron chi connectivity index (χ4n) is 2.24. The number of Topliss-reactive ketones (excluding diaryl/α,β-unsaturated/α-hetero) is 1. The molecule has 1 aliphatic heterocycles. The number of ketones is 1. The molecule has 18 heavy (non-hydrogen) atoms. The summed E-state index contributed by atoms with van der Waals surface area (Å²) in [4.78, 5) is 11.9. The van der Waals surface area contributed by atoms with Crippen LogP contribution in [0.15, 0.2) is 16.6 Å². The van der Waals surface area contributed by atoms with Crippen molar-refractivity contribution in [2.24, 2.45) is 5.73 Å². The molecule has 0 unspecified atom stereocenters. The van der Waals surface area contributed by atoms with Crippen molar-refractivity contribution >= 4 is 21.7 Å². The molecule has 2 rings (SSSR count). The van der Waals surface area contributed by atoms with Crippen molar-refractivity contribution in [2.45, 2.75) is 32.1 Å². The number of unbranched alkanes of at least 4 members (excludes halogenated alkanes) is 1. The molecule has 1 aromatic rings. The van der Waals surface area contributed by atoms with E-state index < -0.39 is 0 Å². The van der Waals surface area contributed by atoms with Gasteiger partial charge in [-0.3, -0.25) is 4.79 Å². The van der Waals surface area contributed by atoms with Crippen LogP contribution in [0.5, 0.6) is 5.75 Å². The zero-order valence-electron chi connectivity index (χ0n) is 10.4. The summed E-state index contributed by atoms with van der Waals surface area (Å²) in [6.07, 6.45) is 3.80. The van der Waals surface area contributed by atoms with Crippen molar-refractivity contribution in [1.29, 1.82) is 0 Å². The SMILES string of the molecule is NCCCCC(=O)Cc1cc(Br)cc2c1OCC2. The van der Waals surface area contributed by atoms with Gasteiger partial charge in [-0.25, -0.2) is 0 Å². The van der Waals surface area contributed by atoms with Crippen LogP contribution in [0.3, 0.4) is 0 Å². The second kappa shape index (κ2) is 6.34. The Kier molecular flexibility index (Phi) is 4.78. The predicted molar refractivity (Wildman–Crippen MR) is 75.0 cm³/mol. The van der Waals surface area contributed by atoms with Gasteiger partial charge in [-0.1, -0.05) is 15.9 Å². The minimum absolute atomic E-state index is 0.263. The van der Waals surface area contributed by atoms with Crippen LogP contribution in [0.25, 0.3) is 0 Å². The number of hydrogen-bond donors (Lipinski definition) is 1. The van der Waals surface area contributed by atoms with Crippen LogP contribution in [0.2, 0.25) is 0 Å². The van der Waals surface area contributed by atoms with Gasteiger partial charge in [0.05, 0.1) is 6.61 Å². The maximum Gasteiger partial charge on any atom is 0.137 e. The molecule has 0 atom stereocenters. The summed E-state index contributed by atoms with van der Waals surface area (Å²) in [7, 11) is 0. The van der Waals surface area contributed by atoms with E-state index in [1.54, 1.807) is 0 Å². The van der Waals surface area contributed by atoms with Crippen molar-refractivity contribution in [1.82, 2.24) is 0 Å². The maximum absolute atomic E-state index is 11.9. The highest BCUT2D eigenvalue weighted by Crippen LogP contribution is 2.33. The molecule has 0 fully saturated rings. The van der Waals surface area contributed by atoms with Crippen molar-refractivity contribution < 1.29 is 9.53 Å². The zero-order chi connectivity index (χ0) is 13.0. The van der Waals surface area contributed by atoms with Crippen LogP contribution in [-0.2, 0) is 17.6 Å². The summed E-state index contributed by atoms with van der Waals surface area (Å²) >= 11 is 3.49. The molecule has 98 valence electrons. The van der Waals surface area contributed by atoms with E-state index in [-0.39, 0.29) is 5.78 Å². The van der Waals surface area contributed by atoms with Gasteiger partial charge < -0.3 is 10.5 Å². The summed E-state index contributed by atoms with van der Waals surface area (Å²) in [5, 5.41) is 0. The first-order valence-corrected chi connectivity index (χ1v) is 7.16. The summed E-state index contributed by atoms with van der Waals surface area (Å²) < 4.78 is 6.64. The monoisotopic (exact) mass is 311 g/mol. The van der Waals surface area contributed by atoms with Crippen molar-refractivity contribution in [2.75, 3.05) is 13.2 Å². The Labute approximate surface area is 116 Å². The normalized spacial score (nSPS) is 13.2. The van der Waals surface area contributed by atoms with E-state index in [1.165, 1.54) is 5.56 Å². The molecule has 0 aliphatic carbocycles. The lowest BCUT2D eigenvalue weighted by molar-refractivity contribution is -0.118. The van der Waals surface area contributed by atoms with Crippen molar-refractivity contribution in [3.05, 3.63) is 27.7 Å². The van der Waals surface area contributed by atoms with E-state index in [2.05, 4.69) is 22.0 Å². The molecule has 1 aromatic carbocycles. The number of hydrogen-bond acceptors (Lipinski definition) is 3. The summed E-state index contributed by atoms with van der Waals surface area (Å²) in [6.45, 7) is 1.38. The van der Waals surface area contributed by atoms with Gasteiger partial charge in [0.2, 0.25) is 0 Å². The minimum Gasteiger partial charge on any atom is -0.493 e. The van der Waals surface area contributed by atoms with Crippen LogP contribution in [0, 0.1) is 0 Å². The van der Waals surface area contributed by atoms with Crippen LogP contribution < -0.4 is 10.5 Å². The third-order valence-corrected chi connectivity index (χ3v) is 3.58. The number of carbonyl (C=O) groups excluding carboxylic acids is 1. The molecule has 0 saturated heterocycles. The van der Waals surface area contributed by atoms with E-state index in [0.717, 1.165) is 41.7 Å². The molecule has 3 nitrogen and oxygen atoms in total. The standard InChI is InChI=1S/C14H18BrNO2/c15-12-7-10-4-6-18-14(10)11(8-12)9-13(17)3-1-2-5-16/h7-8H,1-6,9,16H2. The molecule has 1 aliphatic rings. The van der Waals surface area contributed by atoms with Crippen LogP contribution >= 0.6 is 15.9 Å². The summed E-state index contributed by atoms with van der Waals surface area (Å²) in [5.41, 5.74) is 7.64. The molecular weight excluding hydrogens is 294 g/mol. The molecule has 4 heteroatoms. The molecule has 2 N–H and O–H groups in total. The Hall–Kier alpha value is -0.870. The van der Waals surface area contributed by atoms with Gasteiger partial charge in [0.1, 0.15) is 11.5 Å². The minimum atomic E-state index is 0.263. The van der Waals surface area contributed by atoms with Gasteiger partial charge in [-0.15, -0.1) is 0 Å². The topological polar surface area (TPSA) is 52.3 Å². The van der Waals surface area contributed by atoms with Gasteiger partial charge in [-0.05, 0) is 37.1 Å². The number of rotatable bonds is 6. The second-order valence-electron chi connectivity index (χ2n) is 4.61. The van der Waals surface area contributed by atoms with Crippen molar-refractivity contribution in [3.8, 4) is 5.75 Å². The lowest BCUT2D eigenvalue weighted by Crippen LogP contribution is -2.06. The fraction of sp³-hybridized carbons (Fsp3) is 0.500. The third-order valence-electron chi connectivity index (χ3n) is 3.12. The van der Waals surface area contributed by atoms with E-state index >= 15 is 0 Å². The summed E-state index contributed by atoms with van der Waals surface area (Å²) in [5.74, 6) is 1.18. The molecule has 0 saturated carbocycles. The second-order valence-corrected chi connectivity index (χ2v) is 5.53. The number of benzene rings is 1. The molecule has 1 heterocycles. The zero-order valence-corrected chi connectivity index (χ0v) is 12.0.